The number of oxazole rings is 2. The van der Waals surface area contributed by atoms with Gasteiger partial charge in [0.05, 0.1) is 17.6 Å². The van der Waals surface area contributed by atoms with Crippen molar-refractivity contribution < 1.29 is 18.0 Å². The summed E-state index contributed by atoms with van der Waals surface area (Å²) in [5, 5.41) is 2.73. The SMILES string of the molecule is Cc1oc(-c2ccc(F)cc2)nc1CC(=O)Nc1ccc2[nH]c(=O)oc2c1. The van der Waals surface area contributed by atoms with E-state index in [1.54, 1.807) is 37.3 Å². The van der Waals surface area contributed by atoms with Crippen molar-refractivity contribution in [3.8, 4) is 11.5 Å². The highest BCUT2D eigenvalue weighted by atomic mass is 19.1. The number of halogens is 1. The first-order chi connectivity index (χ1) is 13.0. The van der Waals surface area contributed by atoms with Crippen LogP contribution in [-0.2, 0) is 11.2 Å². The average Bonchev–Trinajstić information content (AvgIpc) is 3.17. The Hall–Kier alpha value is -3.68. The molecule has 2 heterocycles. The fraction of sp³-hybridized carbons (Fsp3) is 0.105. The summed E-state index contributed by atoms with van der Waals surface area (Å²) in [6.07, 6.45) is 0.00561. The number of H-pyrrole nitrogens is 1. The highest BCUT2D eigenvalue weighted by Crippen LogP contribution is 2.23. The number of nitrogens with one attached hydrogen (secondary N) is 2. The van der Waals surface area contributed by atoms with Crippen LogP contribution >= 0.6 is 0 Å². The first-order valence-electron chi connectivity index (χ1n) is 8.13. The number of amides is 1. The minimum atomic E-state index is -0.556. The second-order valence-electron chi connectivity index (χ2n) is 5.98. The van der Waals surface area contributed by atoms with Gasteiger partial charge in [-0.3, -0.25) is 9.78 Å². The molecule has 136 valence electrons. The molecule has 4 aromatic rings. The van der Waals surface area contributed by atoms with Gasteiger partial charge < -0.3 is 14.2 Å². The minimum Gasteiger partial charge on any atom is -0.441 e. The largest absolute Gasteiger partial charge is 0.441 e. The van der Waals surface area contributed by atoms with E-state index in [0.29, 0.717) is 39.7 Å². The van der Waals surface area contributed by atoms with Crippen molar-refractivity contribution in [1.29, 1.82) is 0 Å². The first kappa shape index (κ1) is 16.8. The smallest absolute Gasteiger partial charge is 0.417 e. The van der Waals surface area contributed by atoms with Crippen molar-refractivity contribution in [2.24, 2.45) is 0 Å². The van der Waals surface area contributed by atoms with Gasteiger partial charge in [-0.15, -0.1) is 0 Å². The van der Waals surface area contributed by atoms with Crippen LogP contribution in [-0.4, -0.2) is 15.9 Å². The predicted octanol–water partition coefficient (Wildman–Crippen LogP) is 3.40. The van der Waals surface area contributed by atoms with Crippen molar-refractivity contribution in [3.05, 3.63) is 70.3 Å². The molecule has 2 aromatic heterocycles. The van der Waals surface area contributed by atoms with E-state index in [4.69, 9.17) is 8.83 Å². The Kier molecular flexibility index (Phi) is 4.08. The van der Waals surface area contributed by atoms with Crippen LogP contribution in [0.25, 0.3) is 22.6 Å². The van der Waals surface area contributed by atoms with Crippen molar-refractivity contribution >= 4 is 22.7 Å². The molecular formula is C19H14FN3O4. The number of carbonyl (C=O) groups is 1. The zero-order valence-electron chi connectivity index (χ0n) is 14.2. The normalized spacial score (nSPS) is 11.0. The number of aryl methyl sites for hydroxylation is 1. The minimum absolute atomic E-state index is 0.00561. The molecule has 4 rings (SSSR count). The van der Waals surface area contributed by atoms with Gasteiger partial charge in [-0.1, -0.05) is 0 Å². The number of hydrogen-bond acceptors (Lipinski definition) is 5. The van der Waals surface area contributed by atoms with Gasteiger partial charge in [-0.05, 0) is 43.3 Å². The molecule has 8 heteroatoms. The van der Waals surface area contributed by atoms with Crippen LogP contribution in [0.5, 0.6) is 0 Å². The Morgan fingerprint density at radius 1 is 1.19 bits per heavy atom. The molecule has 2 aromatic carbocycles. The lowest BCUT2D eigenvalue weighted by molar-refractivity contribution is -0.115. The Labute approximate surface area is 151 Å². The number of benzene rings is 2. The quantitative estimate of drug-likeness (QED) is 0.576. The molecule has 27 heavy (non-hydrogen) atoms. The lowest BCUT2D eigenvalue weighted by Gasteiger charge is -2.03. The third kappa shape index (κ3) is 3.50. The summed E-state index contributed by atoms with van der Waals surface area (Å²) in [4.78, 5) is 30.4. The highest BCUT2D eigenvalue weighted by Gasteiger charge is 2.15. The molecule has 0 aliphatic heterocycles. The van der Waals surface area contributed by atoms with Crippen LogP contribution in [0.1, 0.15) is 11.5 Å². The van der Waals surface area contributed by atoms with Gasteiger partial charge in [0.2, 0.25) is 11.8 Å². The molecule has 0 saturated heterocycles. The maximum atomic E-state index is 13.0. The Morgan fingerprint density at radius 3 is 2.74 bits per heavy atom. The summed E-state index contributed by atoms with van der Waals surface area (Å²) < 4.78 is 23.6. The van der Waals surface area contributed by atoms with Crippen molar-refractivity contribution in [2.75, 3.05) is 5.32 Å². The van der Waals surface area contributed by atoms with Gasteiger partial charge >= 0.3 is 5.76 Å². The zero-order valence-corrected chi connectivity index (χ0v) is 14.2. The van der Waals surface area contributed by atoms with Crippen LogP contribution in [0.3, 0.4) is 0 Å². The molecule has 0 aliphatic rings. The van der Waals surface area contributed by atoms with E-state index in [1.165, 1.54) is 12.1 Å². The van der Waals surface area contributed by atoms with Crippen LogP contribution in [0.4, 0.5) is 10.1 Å². The number of hydrogen-bond donors (Lipinski definition) is 2. The molecule has 0 radical (unpaired) electrons. The van der Waals surface area contributed by atoms with Gasteiger partial charge in [0, 0.05) is 17.3 Å². The standard InChI is InChI=1S/C19H14FN3O4/c1-10-15(22-18(26-10)11-2-4-12(20)5-3-11)9-17(24)21-13-6-7-14-16(8-13)27-19(25)23-14/h2-8H,9H2,1H3,(H,21,24)(H,23,25). The monoisotopic (exact) mass is 367 g/mol. The molecule has 0 bridgehead atoms. The van der Waals surface area contributed by atoms with Gasteiger partial charge in [-0.2, -0.15) is 0 Å². The fourth-order valence-electron chi connectivity index (χ4n) is 2.69. The lowest BCUT2D eigenvalue weighted by Crippen LogP contribution is -2.15. The van der Waals surface area contributed by atoms with E-state index in [1.807, 2.05) is 0 Å². The molecule has 7 nitrogen and oxygen atoms in total. The number of aromatic amines is 1. The summed E-state index contributed by atoms with van der Waals surface area (Å²) >= 11 is 0. The first-order valence-corrected chi connectivity index (χ1v) is 8.13. The number of carbonyl (C=O) groups excluding carboxylic acids is 1. The topological polar surface area (TPSA) is 101 Å². The maximum absolute atomic E-state index is 13.0. The molecule has 0 atom stereocenters. The number of anilines is 1. The second-order valence-corrected chi connectivity index (χ2v) is 5.98. The van der Waals surface area contributed by atoms with Crippen LogP contribution < -0.4 is 11.1 Å². The summed E-state index contributed by atoms with van der Waals surface area (Å²) in [5.41, 5.74) is 2.51. The second kappa shape index (κ2) is 6.56. The van der Waals surface area contributed by atoms with E-state index >= 15 is 0 Å². The predicted molar refractivity (Wildman–Crippen MR) is 95.8 cm³/mol. The summed E-state index contributed by atoms with van der Waals surface area (Å²) in [5.74, 6) is -0.367. The average molecular weight is 367 g/mol. The molecule has 0 unspecified atom stereocenters. The van der Waals surface area contributed by atoms with E-state index in [2.05, 4.69) is 15.3 Å². The van der Waals surface area contributed by atoms with Crippen LogP contribution in [0.2, 0.25) is 0 Å². The third-order valence-corrected chi connectivity index (χ3v) is 4.02. The molecule has 0 aliphatic carbocycles. The van der Waals surface area contributed by atoms with Crippen LogP contribution in [0, 0.1) is 12.7 Å². The van der Waals surface area contributed by atoms with E-state index < -0.39 is 5.76 Å². The maximum Gasteiger partial charge on any atom is 0.417 e. The Bertz CT molecular complexity index is 1190. The van der Waals surface area contributed by atoms with Crippen molar-refractivity contribution in [1.82, 2.24) is 9.97 Å². The van der Waals surface area contributed by atoms with Gasteiger partial charge in [0.15, 0.2) is 5.58 Å². The summed E-state index contributed by atoms with van der Waals surface area (Å²) in [7, 11) is 0. The van der Waals surface area contributed by atoms with E-state index in [-0.39, 0.29) is 18.1 Å². The molecule has 0 spiro atoms. The third-order valence-electron chi connectivity index (χ3n) is 4.02. The van der Waals surface area contributed by atoms with Crippen LogP contribution in [0.15, 0.2) is 56.1 Å². The molecule has 0 saturated carbocycles. The van der Waals surface area contributed by atoms with Crippen molar-refractivity contribution in [2.45, 2.75) is 13.3 Å². The van der Waals surface area contributed by atoms with Gasteiger partial charge in [-0.25, -0.2) is 14.2 Å². The van der Waals surface area contributed by atoms with Crippen molar-refractivity contribution in [3.63, 3.8) is 0 Å². The number of fused-ring (bicyclic) bond motifs is 1. The molecule has 1 amide bonds. The lowest BCUT2D eigenvalue weighted by atomic mass is 10.2. The number of aromatic nitrogens is 2. The Morgan fingerprint density at radius 2 is 1.96 bits per heavy atom. The van der Waals surface area contributed by atoms with Gasteiger partial charge in [0.1, 0.15) is 11.6 Å². The number of nitrogens with zero attached hydrogens (tertiary/aromatic N) is 1. The highest BCUT2D eigenvalue weighted by molar-refractivity contribution is 5.93. The number of rotatable bonds is 4. The Balaban J connectivity index is 1.50. The summed E-state index contributed by atoms with van der Waals surface area (Å²) in [6, 6.07) is 10.6. The summed E-state index contributed by atoms with van der Waals surface area (Å²) in [6.45, 7) is 1.71. The fourth-order valence-corrected chi connectivity index (χ4v) is 2.69. The molecular weight excluding hydrogens is 353 g/mol. The van der Waals surface area contributed by atoms with Gasteiger partial charge in [0.25, 0.3) is 0 Å². The molecule has 0 fully saturated rings. The molecule has 2 N–H and O–H groups in total. The zero-order chi connectivity index (χ0) is 19.0. The van der Waals surface area contributed by atoms with E-state index in [0.717, 1.165) is 0 Å². The van der Waals surface area contributed by atoms with E-state index in [9.17, 15) is 14.0 Å².